The fourth-order valence-corrected chi connectivity index (χ4v) is 3.09. The molecule has 1 unspecified atom stereocenters. The molecule has 0 aliphatic carbocycles. The lowest BCUT2D eigenvalue weighted by atomic mass is 10.1. The molecule has 5 nitrogen and oxygen atoms in total. The van der Waals surface area contributed by atoms with E-state index >= 15 is 0 Å². The van der Waals surface area contributed by atoms with Crippen molar-refractivity contribution in [3.05, 3.63) is 90.2 Å². The Morgan fingerprint density at radius 2 is 1.52 bits per heavy atom. The first-order valence-electron chi connectivity index (χ1n) is 10.1. The van der Waals surface area contributed by atoms with Crippen molar-refractivity contribution in [2.75, 3.05) is 30.3 Å². The quantitative estimate of drug-likeness (QED) is 0.280. The predicted octanol–water partition coefficient (Wildman–Crippen LogP) is 4.21. The van der Waals surface area contributed by atoms with Crippen LogP contribution in [-0.4, -0.2) is 36.0 Å². The van der Waals surface area contributed by atoms with Crippen molar-refractivity contribution in [2.24, 2.45) is 0 Å². The highest BCUT2D eigenvalue weighted by molar-refractivity contribution is 7.80. The summed E-state index contributed by atoms with van der Waals surface area (Å²) in [5.41, 5.74) is 2.76. The molecule has 0 amide bonds. The van der Waals surface area contributed by atoms with E-state index in [9.17, 15) is 9.50 Å². The fourth-order valence-electron chi connectivity index (χ4n) is 2.85. The lowest BCUT2D eigenvalue weighted by molar-refractivity contribution is 0.106. The molecule has 4 N–H and O–H groups in total. The van der Waals surface area contributed by atoms with Crippen LogP contribution in [0.3, 0.4) is 0 Å². The van der Waals surface area contributed by atoms with Crippen LogP contribution in [0.1, 0.15) is 5.56 Å². The Kier molecular flexibility index (Phi) is 8.78. The minimum Gasteiger partial charge on any atom is -0.491 e. The maximum Gasteiger partial charge on any atom is 0.175 e. The maximum absolute atomic E-state index is 13.0. The molecule has 0 bridgehead atoms. The summed E-state index contributed by atoms with van der Waals surface area (Å²) in [7, 11) is 0. The highest BCUT2D eigenvalue weighted by atomic mass is 32.1. The standard InChI is InChI=1S/C24H26FN3O2S/c25-19-8-12-21(13-9-19)28-24(31)27-20-10-6-18(7-11-20)14-15-26-16-22(29)17-30-23-4-2-1-3-5-23/h1-13,22,26,29H,14-17H2,(H2,27,28,31). The van der Waals surface area contributed by atoms with Gasteiger partial charge in [-0.3, -0.25) is 0 Å². The topological polar surface area (TPSA) is 65.5 Å². The highest BCUT2D eigenvalue weighted by Crippen LogP contribution is 2.13. The predicted molar refractivity (Wildman–Crippen MR) is 127 cm³/mol. The largest absolute Gasteiger partial charge is 0.491 e. The van der Waals surface area contributed by atoms with Crippen LogP contribution >= 0.6 is 12.2 Å². The van der Waals surface area contributed by atoms with Crippen LogP contribution in [-0.2, 0) is 6.42 Å². The first-order valence-corrected chi connectivity index (χ1v) is 10.5. The van der Waals surface area contributed by atoms with Crippen molar-refractivity contribution in [3.63, 3.8) is 0 Å². The van der Waals surface area contributed by atoms with Crippen LogP contribution in [0.5, 0.6) is 5.75 Å². The zero-order valence-corrected chi connectivity index (χ0v) is 17.9. The van der Waals surface area contributed by atoms with Gasteiger partial charge in [0.15, 0.2) is 5.11 Å². The van der Waals surface area contributed by atoms with Crippen molar-refractivity contribution in [3.8, 4) is 5.75 Å². The summed E-state index contributed by atoms with van der Waals surface area (Å²) in [5.74, 6) is 0.465. The third kappa shape index (κ3) is 8.33. The van der Waals surface area contributed by atoms with Gasteiger partial charge < -0.3 is 25.8 Å². The third-order valence-electron chi connectivity index (χ3n) is 4.47. The van der Waals surface area contributed by atoms with Gasteiger partial charge in [0.05, 0.1) is 0 Å². The van der Waals surface area contributed by atoms with Gasteiger partial charge in [-0.2, -0.15) is 0 Å². The molecule has 0 aromatic heterocycles. The fraction of sp³-hybridized carbons (Fsp3) is 0.208. The molecule has 0 heterocycles. The Bertz CT molecular complexity index is 937. The molecule has 3 aromatic carbocycles. The number of ether oxygens (including phenoxy) is 1. The molecule has 0 radical (unpaired) electrons. The molecule has 3 aromatic rings. The lowest BCUT2D eigenvalue weighted by Gasteiger charge is -2.13. The highest BCUT2D eigenvalue weighted by Gasteiger charge is 2.05. The van der Waals surface area contributed by atoms with Gasteiger partial charge in [0, 0.05) is 17.9 Å². The Labute approximate surface area is 187 Å². The second-order valence-electron chi connectivity index (χ2n) is 7.01. The minimum atomic E-state index is -0.568. The van der Waals surface area contributed by atoms with Gasteiger partial charge in [-0.05, 0) is 79.3 Å². The van der Waals surface area contributed by atoms with Gasteiger partial charge in [-0.25, -0.2) is 4.39 Å². The number of thiocarbonyl (C=S) groups is 1. The van der Waals surface area contributed by atoms with Crippen LogP contribution in [0.2, 0.25) is 0 Å². The molecule has 162 valence electrons. The Morgan fingerprint density at radius 3 is 2.16 bits per heavy atom. The average molecular weight is 440 g/mol. The van der Waals surface area contributed by atoms with Crippen molar-refractivity contribution >= 4 is 28.7 Å². The van der Waals surface area contributed by atoms with E-state index in [0.29, 0.717) is 11.7 Å². The van der Waals surface area contributed by atoms with Crippen molar-refractivity contribution in [1.29, 1.82) is 0 Å². The van der Waals surface area contributed by atoms with Gasteiger partial charge >= 0.3 is 0 Å². The zero-order chi connectivity index (χ0) is 21.9. The smallest absolute Gasteiger partial charge is 0.175 e. The molecular formula is C24H26FN3O2S. The van der Waals surface area contributed by atoms with Crippen molar-refractivity contribution in [2.45, 2.75) is 12.5 Å². The number of hydrogen-bond acceptors (Lipinski definition) is 4. The molecule has 0 saturated carbocycles. The summed E-state index contributed by atoms with van der Waals surface area (Å²) >= 11 is 5.29. The molecule has 0 saturated heterocycles. The summed E-state index contributed by atoms with van der Waals surface area (Å²) in [4.78, 5) is 0. The zero-order valence-electron chi connectivity index (χ0n) is 17.1. The Hall–Kier alpha value is -3.00. The monoisotopic (exact) mass is 439 g/mol. The van der Waals surface area contributed by atoms with Gasteiger partial charge in [0.25, 0.3) is 0 Å². The minimum absolute atomic E-state index is 0.253. The molecule has 0 aliphatic rings. The number of para-hydroxylation sites is 1. The molecule has 3 rings (SSSR count). The molecule has 0 aliphatic heterocycles. The van der Waals surface area contributed by atoms with E-state index in [1.165, 1.54) is 17.7 Å². The summed E-state index contributed by atoms with van der Waals surface area (Å²) in [6, 6.07) is 23.4. The van der Waals surface area contributed by atoms with Gasteiger partial charge in [-0.1, -0.05) is 30.3 Å². The van der Waals surface area contributed by atoms with E-state index in [1.807, 2.05) is 54.6 Å². The molecular weight excluding hydrogens is 413 g/mol. The van der Waals surface area contributed by atoms with E-state index in [0.717, 1.165) is 30.1 Å². The van der Waals surface area contributed by atoms with Crippen LogP contribution in [0.4, 0.5) is 15.8 Å². The summed E-state index contributed by atoms with van der Waals surface area (Å²) in [6.07, 6.45) is 0.270. The molecule has 31 heavy (non-hydrogen) atoms. The van der Waals surface area contributed by atoms with E-state index in [-0.39, 0.29) is 12.4 Å². The van der Waals surface area contributed by atoms with Gasteiger partial charge in [0.1, 0.15) is 24.3 Å². The maximum atomic E-state index is 13.0. The Balaban J connectivity index is 1.32. The number of aliphatic hydroxyl groups excluding tert-OH is 1. The van der Waals surface area contributed by atoms with Crippen molar-refractivity contribution in [1.82, 2.24) is 5.32 Å². The molecule has 1 atom stereocenters. The normalized spacial score (nSPS) is 11.5. The average Bonchev–Trinajstić information content (AvgIpc) is 2.78. The van der Waals surface area contributed by atoms with Crippen molar-refractivity contribution < 1.29 is 14.2 Å². The number of benzene rings is 3. The van der Waals surface area contributed by atoms with Crippen LogP contribution in [0.15, 0.2) is 78.9 Å². The van der Waals surface area contributed by atoms with Gasteiger partial charge in [-0.15, -0.1) is 0 Å². The van der Waals surface area contributed by atoms with Crippen LogP contribution in [0, 0.1) is 5.82 Å². The number of hydrogen-bond donors (Lipinski definition) is 4. The number of halogens is 1. The lowest BCUT2D eigenvalue weighted by Crippen LogP contribution is -2.32. The summed E-state index contributed by atoms with van der Waals surface area (Å²) < 4.78 is 18.5. The second-order valence-corrected chi connectivity index (χ2v) is 7.42. The van der Waals surface area contributed by atoms with Crippen LogP contribution < -0.4 is 20.7 Å². The second kappa shape index (κ2) is 12.0. The summed E-state index contributed by atoms with van der Waals surface area (Å²) in [5, 5.41) is 19.8. The SMILES string of the molecule is OC(CNCCc1ccc(NC(=S)Nc2ccc(F)cc2)cc1)COc1ccccc1. The molecule has 0 fully saturated rings. The molecule has 0 spiro atoms. The van der Waals surface area contributed by atoms with E-state index in [2.05, 4.69) is 16.0 Å². The Morgan fingerprint density at radius 1 is 0.903 bits per heavy atom. The summed E-state index contributed by atoms with van der Waals surface area (Å²) in [6.45, 7) is 1.47. The molecule has 7 heteroatoms. The number of nitrogens with one attached hydrogen (secondary N) is 3. The first-order chi connectivity index (χ1) is 15.1. The first kappa shape index (κ1) is 22.7. The number of anilines is 2. The number of rotatable bonds is 10. The van der Waals surface area contributed by atoms with Gasteiger partial charge in [0.2, 0.25) is 0 Å². The number of aliphatic hydroxyl groups is 1. The van der Waals surface area contributed by atoms with Crippen LogP contribution in [0.25, 0.3) is 0 Å². The van der Waals surface area contributed by atoms with E-state index < -0.39 is 6.10 Å². The third-order valence-corrected chi connectivity index (χ3v) is 4.67. The van der Waals surface area contributed by atoms with E-state index in [1.54, 1.807) is 12.1 Å². The van der Waals surface area contributed by atoms with E-state index in [4.69, 9.17) is 17.0 Å².